The van der Waals surface area contributed by atoms with Gasteiger partial charge in [-0.2, -0.15) is 0 Å². The molecule has 0 aliphatic carbocycles. The molecule has 2 N–H and O–H groups in total. The second-order valence-electron chi connectivity index (χ2n) is 7.13. The fraction of sp³-hybridized carbons (Fsp3) is 0.130. The number of ketones is 1. The summed E-state index contributed by atoms with van der Waals surface area (Å²) in [6, 6.07) is 15.0. The summed E-state index contributed by atoms with van der Waals surface area (Å²) in [7, 11) is 0. The third kappa shape index (κ3) is 5.10. The molecule has 1 aliphatic heterocycles. The van der Waals surface area contributed by atoms with Crippen molar-refractivity contribution in [1.82, 2.24) is 9.88 Å². The summed E-state index contributed by atoms with van der Waals surface area (Å²) in [5.74, 6) is 0.260. The van der Waals surface area contributed by atoms with Crippen LogP contribution in [0.25, 0.3) is 0 Å². The Morgan fingerprint density at radius 1 is 0.968 bits per heavy atom. The number of benzene rings is 2. The monoisotopic (exact) mass is 452 g/mol. The fourth-order valence-corrected chi connectivity index (χ4v) is 3.38. The zero-order chi connectivity index (χ0) is 22.0. The predicted octanol–water partition coefficient (Wildman–Crippen LogP) is 4.71. The lowest BCUT2D eigenvalue weighted by atomic mass is 9.97. The Balaban J connectivity index is 1.51. The van der Waals surface area contributed by atoms with Crippen molar-refractivity contribution in [1.29, 1.82) is 5.41 Å². The van der Waals surface area contributed by atoms with Gasteiger partial charge in [-0.1, -0.05) is 53.5 Å². The number of Topliss-reactive ketones (excluding diaryl/α,β-unsaturated/α-hetero) is 1. The highest BCUT2D eigenvalue weighted by molar-refractivity contribution is 6.31. The quantitative estimate of drug-likeness (QED) is 0.245. The average molecular weight is 453 g/mol. The summed E-state index contributed by atoms with van der Waals surface area (Å²) in [5.41, 5.74) is 2.15. The maximum Gasteiger partial charge on any atom is 0.257 e. The molecule has 1 amide bonds. The van der Waals surface area contributed by atoms with Crippen LogP contribution < -0.4 is 5.32 Å². The van der Waals surface area contributed by atoms with Crippen LogP contribution in [0.5, 0.6) is 0 Å². The number of nitrogens with one attached hydrogen (secondary N) is 2. The van der Waals surface area contributed by atoms with E-state index in [0.717, 1.165) is 18.7 Å². The molecule has 1 aliphatic rings. The van der Waals surface area contributed by atoms with Crippen LogP contribution in [0.1, 0.15) is 31.8 Å². The van der Waals surface area contributed by atoms with Gasteiger partial charge in [-0.25, -0.2) is 4.98 Å². The molecule has 1 fully saturated rings. The van der Waals surface area contributed by atoms with Crippen molar-refractivity contribution in [3.63, 3.8) is 0 Å². The Morgan fingerprint density at radius 2 is 1.65 bits per heavy atom. The first-order chi connectivity index (χ1) is 14.9. The molecular weight excluding hydrogens is 435 g/mol. The molecule has 1 aromatic heterocycles. The van der Waals surface area contributed by atoms with E-state index < -0.39 is 5.91 Å². The first-order valence-corrected chi connectivity index (χ1v) is 10.3. The number of hydrogen-bond acceptors (Lipinski definition) is 4. The van der Waals surface area contributed by atoms with Crippen molar-refractivity contribution in [3.8, 4) is 0 Å². The van der Waals surface area contributed by atoms with Crippen molar-refractivity contribution in [3.05, 3.63) is 93.1 Å². The summed E-state index contributed by atoms with van der Waals surface area (Å²) in [4.78, 5) is 31.6. The lowest BCUT2D eigenvalue weighted by Crippen LogP contribution is -2.17. The molecule has 0 saturated carbocycles. The minimum Gasteiger partial charge on any atom is -0.353 e. The minimum absolute atomic E-state index is 0.0386. The highest BCUT2D eigenvalue weighted by Crippen LogP contribution is 2.21. The van der Waals surface area contributed by atoms with Gasteiger partial charge in [0.15, 0.2) is 5.78 Å². The molecule has 0 radical (unpaired) electrons. The molecule has 0 atom stereocenters. The highest BCUT2D eigenvalue weighted by Gasteiger charge is 2.22. The van der Waals surface area contributed by atoms with Gasteiger partial charge in [-0.3, -0.25) is 15.0 Å². The first kappa shape index (κ1) is 21.0. The van der Waals surface area contributed by atoms with Gasteiger partial charge in [0.2, 0.25) is 0 Å². The second kappa shape index (κ2) is 8.88. The van der Waals surface area contributed by atoms with E-state index in [9.17, 15) is 9.59 Å². The summed E-state index contributed by atoms with van der Waals surface area (Å²) >= 11 is 11.9. The second-order valence-corrected chi connectivity index (χ2v) is 8.00. The molecule has 0 unspecified atom stereocenters. The number of aromatic nitrogens is 1. The van der Waals surface area contributed by atoms with Crippen LogP contribution in [0.2, 0.25) is 10.0 Å². The van der Waals surface area contributed by atoms with E-state index in [-0.39, 0.29) is 12.2 Å². The first-order valence-electron chi connectivity index (χ1n) is 9.59. The van der Waals surface area contributed by atoms with Gasteiger partial charge in [-0.05, 0) is 29.8 Å². The standard InChI is InChI=1S/C23H18Cl2N4O2/c24-17-6-5-16(19(12-17)23(31)28-21-8-7-18(25)13-27-21)11-20(30)14-1-3-15(4-2-14)22(26)29-9-10-29/h1-8,12-13,26H,9-11H2,(H,27,28,31). The molecule has 3 aromatic rings. The molecule has 156 valence electrons. The average Bonchev–Trinajstić information content (AvgIpc) is 3.61. The van der Waals surface area contributed by atoms with Crippen LogP contribution in [0.4, 0.5) is 5.82 Å². The maximum atomic E-state index is 12.8. The number of amides is 1. The van der Waals surface area contributed by atoms with Crippen molar-refractivity contribution in [2.45, 2.75) is 6.42 Å². The third-order valence-corrected chi connectivity index (χ3v) is 5.34. The number of nitrogens with zero attached hydrogens (tertiary/aromatic N) is 2. The van der Waals surface area contributed by atoms with Crippen molar-refractivity contribution >= 4 is 46.5 Å². The molecule has 2 heterocycles. The number of carbonyl (C=O) groups is 2. The van der Waals surface area contributed by atoms with E-state index in [2.05, 4.69) is 10.3 Å². The molecule has 4 rings (SSSR count). The summed E-state index contributed by atoms with van der Waals surface area (Å²) in [6.45, 7) is 1.79. The number of hydrogen-bond donors (Lipinski definition) is 2. The Bertz CT molecular complexity index is 1160. The van der Waals surface area contributed by atoms with E-state index >= 15 is 0 Å². The smallest absolute Gasteiger partial charge is 0.257 e. The van der Waals surface area contributed by atoms with E-state index in [1.165, 1.54) is 12.3 Å². The van der Waals surface area contributed by atoms with E-state index in [1.54, 1.807) is 48.5 Å². The highest BCUT2D eigenvalue weighted by atomic mass is 35.5. The van der Waals surface area contributed by atoms with Gasteiger partial charge >= 0.3 is 0 Å². The molecule has 0 bridgehead atoms. The molecule has 31 heavy (non-hydrogen) atoms. The van der Waals surface area contributed by atoms with E-state index in [4.69, 9.17) is 28.6 Å². The van der Waals surface area contributed by atoms with Gasteiger partial charge in [0.05, 0.1) is 5.02 Å². The molecule has 8 heteroatoms. The van der Waals surface area contributed by atoms with Crippen LogP contribution in [0, 0.1) is 5.41 Å². The van der Waals surface area contributed by atoms with Gasteiger partial charge in [0.25, 0.3) is 5.91 Å². The van der Waals surface area contributed by atoms with Crippen molar-refractivity contribution < 1.29 is 9.59 Å². The zero-order valence-corrected chi connectivity index (χ0v) is 17.9. The SMILES string of the molecule is N=C(c1ccc(C(=O)Cc2ccc(Cl)cc2C(=O)Nc2ccc(Cl)cn2)cc1)N1CC1. The third-order valence-electron chi connectivity index (χ3n) is 4.88. The maximum absolute atomic E-state index is 12.8. The summed E-state index contributed by atoms with van der Waals surface area (Å²) in [6.07, 6.45) is 1.47. The number of amidine groups is 1. The van der Waals surface area contributed by atoms with E-state index in [0.29, 0.717) is 38.4 Å². The normalized spacial score (nSPS) is 12.4. The largest absolute Gasteiger partial charge is 0.353 e. The Hall–Kier alpha value is -3.22. The van der Waals surface area contributed by atoms with Crippen molar-refractivity contribution in [2.24, 2.45) is 0 Å². The molecule has 2 aromatic carbocycles. The molecular formula is C23H18Cl2N4O2. The van der Waals surface area contributed by atoms with Gasteiger partial charge < -0.3 is 10.2 Å². The Labute approximate surface area is 189 Å². The number of pyridine rings is 1. The van der Waals surface area contributed by atoms with Crippen LogP contribution in [-0.4, -0.2) is 40.5 Å². The molecule has 0 spiro atoms. The number of halogens is 2. The molecule has 1 saturated heterocycles. The molecule has 6 nitrogen and oxygen atoms in total. The Kier molecular flexibility index (Phi) is 6.02. The fourth-order valence-electron chi connectivity index (χ4n) is 3.09. The van der Waals surface area contributed by atoms with Crippen LogP contribution in [0.15, 0.2) is 60.8 Å². The van der Waals surface area contributed by atoms with Crippen LogP contribution >= 0.6 is 23.2 Å². The number of rotatable bonds is 6. The van der Waals surface area contributed by atoms with Gasteiger partial charge in [-0.15, -0.1) is 0 Å². The van der Waals surface area contributed by atoms with Crippen LogP contribution in [0.3, 0.4) is 0 Å². The summed E-state index contributed by atoms with van der Waals surface area (Å²) in [5, 5.41) is 11.6. The lowest BCUT2D eigenvalue weighted by Gasteiger charge is -2.11. The van der Waals surface area contributed by atoms with Gasteiger partial charge in [0, 0.05) is 47.4 Å². The van der Waals surface area contributed by atoms with Gasteiger partial charge in [0.1, 0.15) is 11.7 Å². The topological polar surface area (TPSA) is 85.9 Å². The number of anilines is 1. The van der Waals surface area contributed by atoms with Crippen molar-refractivity contribution in [2.75, 3.05) is 18.4 Å². The number of carbonyl (C=O) groups excluding carboxylic acids is 2. The predicted molar refractivity (Wildman–Crippen MR) is 122 cm³/mol. The van der Waals surface area contributed by atoms with Crippen LogP contribution in [-0.2, 0) is 6.42 Å². The van der Waals surface area contributed by atoms with E-state index in [1.807, 2.05) is 4.90 Å². The minimum atomic E-state index is -0.414. The summed E-state index contributed by atoms with van der Waals surface area (Å²) < 4.78 is 0. The lowest BCUT2D eigenvalue weighted by molar-refractivity contribution is 0.0992. The Morgan fingerprint density at radius 3 is 2.29 bits per heavy atom. The zero-order valence-electron chi connectivity index (χ0n) is 16.4.